The van der Waals surface area contributed by atoms with Gasteiger partial charge in [-0.25, -0.2) is 9.97 Å². The summed E-state index contributed by atoms with van der Waals surface area (Å²) in [5, 5.41) is 8.73. The van der Waals surface area contributed by atoms with Crippen molar-refractivity contribution in [3.05, 3.63) is 12.0 Å². The minimum atomic E-state index is -0.143. The third kappa shape index (κ3) is 0.978. The molecule has 0 aliphatic carbocycles. The molecular formula is C6H7N5O. The van der Waals surface area contributed by atoms with Crippen molar-refractivity contribution in [1.82, 2.24) is 19.9 Å². The summed E-state index contributed by atoms with van der Waals surface area (Å²) in [6.45, 7) is -0.143. The maximum absolute atomic E-state index is 8.73. The topological polar surface area (TPSA) is 101 Å². The summed E-state index contributed by atoms with van der Waals surface area (Å²) in [4.78, 5) is 14.4. The van der Waals surface area contributed by atoms with Crippen LogP contribution < -0.4 is 5.73 Å². The lowest BCUT2D eigenvalue weighted by molar-refractivity contribution is 0.273. The Hall–Kier alpha value is -1.69. The van der Waals surface area contributed by atoms with Crippen molar-refractivity contribution >= 4 is 17.1 Å². The summed E-state index contributed by atoms with van der Waals surface area (Å²) in [6.07, 6.45) is 1.53. The highest BCUT2D eigenvalue weighted by atomic mass is 16.3. The van der Waals surface area contributed by atoms with E-state index in [0.29, 0.717) is 17.0 Å². The summed E-state index contributed by atoms with van der Waals surface area (Å²) in [5.41, 5.74) is 6.49. The Labute approximate surface area is 67.5 Å². The van der Waals surface area contributed by atoms with E-state index in [4.69, 9.17) is 10.8 Å². The molecule has 0 spiro atoms. The largest absolute Gasteiger partial charge is 0.388 e. The lowest BCUT2D eigenvalue weighted by Crippen LogP contribution is -1.93. The molecule has 0 aromatic carbocycles. The van der Waals surface area contributed by atoms with E-state index in [1.807, 2.05) is 0 Å². The first kappa shape index (κ1) is 6.99. The van der Waals surface area contributed by atoms with Gasteiger partial charge in [0.2, 0.25) is 5.95 Å². The summed E-state index contributed by atoms with van der Waals surface area (Å²) >= 11 is 0. The molecule has 0 saturated heterocycles. The Morgan fingerprint density at radius 2 is 2.33 bits per heavy atom. The Balaban J connectivity index is 2.67. The molecule has 0 atom stereocenters. The minimum Gasteiger partial charge on any atom is -0.388 e. The van der Waals surface area contributed by atoms with Gasteiger partial charge in [0.1, 0.15) is 17.9 Å². The number of imidazole rings is 1. The van der Waals surface area contributed by atoms with Crippen LogP contribution in [0.3, 0.4) is 0 Å². The van der Waals surface area contributed by atoms with Crippen LogP contribution in [-0.4, -0.2) is 25.0 Å². The first-order valence-electron chi connectivity index (χ1n) is 3.37. The van der Waals surface area contributed by atoms with Gasteiger partial charge in [-0.15, -0.1) is 0 Å². The van der Waals surface area contributed by atoms with E-state index in [-0.39, 0.29) is 12.6 Å². The molecule has 0 aliphatic heterocycles. The van der Waals surface area contributed by atoms with E-state index >= 15 is 0 Å². The maximum atomic E-state index is 8.73. The molecule has 0 radical (unpaired) electrons. The molecule has 0 fully saturated rings. The van der Waals surface area contributed by atoms with Crippen molar-refractivity contribution in [2.45, 2.75) is 6.61 Å². The molecule has 2 aromatic heterocycles. The van der Waals surface area contributed by atoms with Crippen LogP contribution in [0.1, 0.15) is 5.82 Å². The Morgan fingerprint density at radius 3 is 3.08 bits per heavy atom. The monoisotopic (exact) mass is 165 g/mol. The second-order valence-electron chi connectivity index (χ2n) is 2.31. The summed E-state index contributed by atoms with van der Waals surface area (Å²) in [5.74, 6) is 0.642. The number of hydrogen-bond acceptors (Lipinski definition) is 5. The van der Waals surface area contributed by atoms with Gasteiger partial charge >= 0.3 is 0 Å². The minimum absolute atomic E-state index is 0.143. The number of nitrogen functional groups attached to an aromatic ring is 1. The predicted octanol–water partition coefficient (Wildman–Crippen LogP) is -0.573. The zero-order chi connectivity index (χ0) is 8.55. The summed E-state index contributed by atoms with van der Waals surface area (Å²) in [6, 6.07) is 0. The number of aromatic nitrogens is 4. The number of aliphatic hydroxyl groups is 1. The van der Waals surface area contributed by atoms with Gasteiger partial charge in [0, 0.05) is 0 Å². The molecule has 0 saturated carbocycles. The fourth-order valence-corrected chi connectivity index (χ4v) is 0.946. The molecule has 2 aromatic rings. The molecule has 6 heteroatoms. The molecular weight excluding hydrogens is 158 g/mol. The van der Waals surface area contributed by atoms with E-state index in [1.54, 1.807) is 0 Å². The Bertz CT molecular complexity index is 409. The number of H-pyrrole nitrogens is 1. The standard InChI is InChI=1S/C6H7N5O/c7-6-8-1-3-5(11-6)10-4(2-12)9-3/h1,12H,2H2,(H3,7,8,9,10,11). The second-order valence-corrected chi connectivity index (χ2v) is 2.31. The fraction of sp³-hybridized carbons (Fsp3) is 0.167. The van der Waals surface area contributed by atoms with E-state index in [1.165, 1.54) is 6.20 Å². The smallest absolute Gasteiger partial charge is 0.222 e. The van der Waals surface area contributed by atoms with Crippen molar-refractivity contribution in [1.29, 1.82) is 0 Å². The molecule has 0 bridgehead atoms. The predicted molar refractivity (Wildman–Crippen MR) is 42.0 cm³/mol. The van der Waals surface area contributed by atoms with Crippen LogP contribution >= 0.6 is 0 Å². The fourth-order valence-electron chi connectivity index (χ4n) is 0.946. The second kappa shape index (κ2) is 2.42. The molecule has 2 heterocycles. The van der Waals surface area contributed by atoms with Crippen LogP contribution in [0.25, 0.3) is 11.2 Å². The Morgan fingerprint density at radius 1 is 1.50 bits per heavy atom. The van der Waals surface area contributed by atoms with Gasteiger partial charge in [-0.3, -0.25) is 0 Å². The van der Waals surface area contributed by atoms with E-state index in [9.17, 15) is 0 Å². The van der Waals surface area contributed by atoms with E-state index in [2.05, 4.69) is 19.9 Å². The molecule has 62 valence electrons. The van der Waals surface area contributed by atoms with E-state index in [0.717, 1.165) is 0 Å². The number of aliphatic hydroxyl groups excluding tert-OH is 1. The van der Waals surface area contributed by atoms with Crippen molar-refractivity contribution in [2.75, 3.05) is 5.73 Å². The molecule has 0 amide bonds. The molecule has 2 rings (SSSR count). The van der Waals surface area contributed by atoms with Crippen LogP contribution in [-0.2, 0) is 6.61 Å². The number of fused-ring (bicyclic) bond motifs is 1. The van der Waals surface area contributed by atoms with Crippen molar-refractivity contribution < 1.29 is 5.11 Å². The average molecular weight is 165 g/mol. The van der Waals surface area contributed by atoms with Gasteiger partial charge in [0.15, 0.2) is 5.65 Å². The first-order valence-corrected chi connectivity index (χ1v) is 3.37. The van der Waals surface area contributed by atoms with Crippen molar-refractivity contribution in [3.63, 3.8) is 0 Å². The van der Waals surface area contributed by atoms with Crippen LogP contribution in [0.15, 0.2) is 6.20 Å². The lowest BCUT2D eigenvalue weighted by atomic mass is 10.6. The summed E-state index contributed by atoms with van der Waals surface area (Å²) in [7, 11) is 0. The third-order valence-electron chi connectivity index (χ3n) is 1.46. The highest BCUT2D eigenvalue weighted by molar-refractivity contribution is 5.70. The van der Waals surface area contributed by atoms with Crippen LogP contribution in [0.5, 0.6) is 0 Å². The van der Waals surface area contributed by atoms with Gasteiger partial charge in [0.05, 0.1) is 6.20 Å². The maximum Gasteiger partial charge on any atom is 0.222 e. The molecule has 6 nitrogen and oxygen atoms in total. The highest BCUT2D eigenvalue weighted by Gasteiger charge is 2.02. The molecule has 0 unspecified atom stereocenters. The number of rotatable bonds is 1. The zero-order valence-corrected chi connectivity index (χ0v) is 6.15. The van der Waals surface area contributed by atoms with Gasteiger partial charge in [0.25, 0.3) is 0 Å². The molecule has 0 aliphatic rings. The number of nitrogens with one attached hydrogen (secondary N) is 1. The van der Waals surface area contributed by atoms with E-state index < -0.39 is 0 Å². The van der Waals surface area contributed by atoms with Crippen LogP contribution in [0.2, 0.25) is 0 Å². The van der Waals surface area contributed by atoms with Crippen molar-refractivity contribution in [3.8, 4) is 0 Å². The number of aromatic amines is 1. The van der Waals surface area contributed by atoms with Crippen molar-refractivity contribution in [2.24, 2.45) is 0 Å². The first-order chi connectivity index (χ1) is 5.79. The van der Waals surface area contributed by atoms with Gasteiger partial charge < -0.3 is 15.8 Å². The van der Waals surface area contributed by atoms with Crippen LogP contribution in [0.4, 0.5) is 5.95 Å². The quantitative estimate of drug-likeness (QED) is 0.525. The Kier molecular flexibility index (Phi) is 1.41. The van der Waals surface area contributed by atoms with Gasteiger partial charge in [-0.05, 0) is 0 Å². The zero-order valence-electron chi connectivity index (χ0n) is 6.15. The average Bonchev–Trinajstić information content (AvgIpc) is 2.46. The number of nitrogens with two attached hydrogens (primary N) is 1. The molecule has 4 N–H and O–H groups in total. The normalized spacial score (nSPS) is 10.8. The third-order valence-corrected chi connectivity index (χ3v) is 1.46. The van der Waals surface area contributed by atoms with Gasteiger partial charge in [-0.1, -0.05) is 0 Å². The highest BCUT2D eigenvalue weighted by Crippen LogP contribution is 2.07. The molecule has 12 heavy (non-hydrogen) atoms. The number of hydrogen-bond donors (Lipinski definition) is 3. The number of nitrogens with zero attached hydrogens (tertiary/aromatic N) is 3. The lowest BCUT2D eigenvalue weighted by Gasteiger charge is -1.87. The van der Waals surface area contributed by atoms with Crippen LogP contribution in [0, 0.1) is 0 Å². The number of anilines is 1. The van der Waals surface area contributed by atoms with Gasteiger partial charge in [-0.2, -0.15) is 4.98 Å². The summed E-state index contributed by atoms with van der Waals surface area (Å²) < 4.78 is 0. The SMILES string of the molecule is Nc1ncc2[nH]c(CO)nc2n1.